The van der Waals surface area contributed by atoms with Crippen LogP contribution in [0.4, 0.5) is 0 Å². The molecule has 1 aliphatic rings. The van der Waals surface area contributed by atoms with Crippen LogP contribution in [0.25, 0.3) is 0 Å². The summed E-state index contributed by atoms with van der Waals surface area (Å²) in [6, 6.07) is 1.30. The van der Waals surface area contributed by atoms with Crippen molar-refractivity contribution < 1.29 is 4.74 Å². The molecule has 2 rings (SSSR count). The van der Waals surface area contributed by atoms with Gasteiger partial charge in [-0.15, -0.1) is 0 Å². The summed E-state index contributed by atoms with van der Waals surface area (Å²) in [5.41, 5.74) is -0.734. The first kappa shape index (κ1) is 11.4. The summed E-state index contributed by atoms with van der Waals surface area (Å²) >= 11 is 5.95. The zero-order valence-corrected chi connectivity index (χ0v) is 9.74. The van der Waals surface area contributed by atoms with Crippen LogP contribution in [0.2, 0.25) is 5.15 Å². The predicted molar refractivity (Wildman–Crippen MR) is 60.0 cm³/mol. The minimum absolute atomic E-state index is 0.0283. The van der Waals surface area contributed by atoms with E-state index in [4.69, 9.17) is 16.3 Å². The van der Waals surface area contributed by atoms with Crippen molar-refractivity contribution in [2.24, 2.45) is 7.05 Å². The minimum Gasteiger partial charge on any atom is -0.381 e. The second-order valence-electron chi connectivity index (χ2n) is 3.86. The first-order chi connectivity index (χ1) is 7.61. The van der Waals surface area contributed by atoms with Crippen LogP contribution < -0.4 is 11.2 Å². The van der Waals surface area contributed by atoms with Crippen molar-refractivity contribution in [2.45, 2.75) is 18.9 Å². The average molecular weight is 245 g/mol. The zero-order valence-electron chi connectivity index (χ0n) is 8.98. The van der Waals surface area contributed by atoms with Gasteiger partial charge in [0.05, 0.1) is 0 Å². The molecule has 1 fully saturated rings. The molecule has 1 aromatic rings. The highest BCUT2D eigenvalue weighted by molar-refractivity contribution is 6.29. The van der Waals surface area contributed by atoms with Gasteiger partial charge in [0.15, 0.2) is 0 Å². The van der Waals surface area contributed by atoms with Gasteiger partial charge >= 0.3 is 5.69 Å². The van der Waals surface area contributed by atoms with E-state index < -0.39 is 0 Å². The summed E-state index contributed by atoms with van der Waals surface area (Å²) in [4.78, 5) is 23.2. The lowest BCUT2D eigenvalue weighted by Gasteiger charge is -2.25. The molecule has 6 heteroatoms. The predicted octanol–water partition coefficient (Wildman–Crippen LogP) is 0.552. The van der Waals surface area contributed by atoms with Crippen LogP contribution in [0.15, 0.2) is 15.7 Å². The fourth-order valence-corrected chi connectivity index (χ4v) is 2.19. The van der Waals surface area contributed by atoms with Gasteiger partial charge in [0, 0.05) is 32.4 Å². The number of hydrogen-bond donors (Lipinski definition) is 0. The summed E-state index contributed by atoms with van der Waals surface area (Å²) < 4.78 is 7.78. The molecule has 0 aliphatic carbocycles. The number of halogens is 1. The van der Waals surface area contributed by atoms with E-state index in [-0.39, 0.29) is 22.4 Å². The van der Waals surface area contributed by atoms with E-state index in [1.54, 1.807) is 0 Å². The van der Waals surface area contributed by atoms with Gasteiger partial charge in [-0.3, -0.25) is 13.9 Å². The van der Waals surface area contributed by atoms with E-state index in [0.717, 1.165) is 17.4 Å². The van der Waals surface area contributed by atoms with E-state index in [0.29, 0.717) is 13.2 Å². The molecule has 0 atom stereocenters. The Morgan fingerprint density at radius 3 is 2.62 bits per heavy atom. The Morgan fingerprint density at radius 1 is 1.38 bits per heavy atom. The van der Waals surface area contributed by atoms with Gasteiger partial charge in [-0.25, -0.2) is 4.79 Å². The molecule has 0 spiro atoms. The first-order valence-electron chi connectivity index (χ1n) is 5.17. The van der Waals surface area contributed by atoms with Crippen molar-refractivity contribution >= 4 is 11.6 Å². The highest BCUT2D eigenvalue weighted by Crippen LogP contribution is 2.21. The molecule has 1 aromatic heterocycles. The van der Waals surface area contributed by atoms with Crippen LogP contribution in [0.3, 0.4) is 0 Å². The van der Waals surface area contributed by atoms with Crippen molar-refractivity contribution in [2.75, 3.05) is 13.2 Å². The van der Waals surface area contributed by atoms with Crippen molar-refractivity contribution in [3.63, 3.8) is 0 Å². The Labute approximate surface area is 97.2 Å². The van der Waals surface area contributed by atoms with Crippen molar-refractivity contribution in [3.8, 4) is 0 Å². The van der Waals surface area contributed by atoms with E-state index in [9.17, 15) is 9.59 Å². The van der Waals surface area contributed by atoms with E-state index in [1.165, 1.54) is 17.7 Å². The van der Waals surface area contributed by atoms with E-state index in [2.05, 4.69) is 0 Å². The molecule has 0 unspecified atom stereocenters. The molecule has 1 saturated heterocycles. The third kappa shape index (κ3) is 1.92. The van der Waals surface area contributed by atoms with Gasteiger partial charge in [0.2, 0.25) is 0 Å². The van der Waals surface area contributed by atoms with Crippen LogP contribution >= 0.6 is 11.6 Å². The molecule has 5 nitrogen and oxygen atoms in total. The third-order valence-corrected chi connectivity index (χ3v) is 3.14. The van der Waals surface area contributed by atoms with Gasteiger partial charge in [0.25, 0.3) is 5.56 Å². The number of ether oxygens (including phenoxy) is 1. The summed E-state index contributed by atoms with van der Waals surface area (Å²) in [6.07, 6.45) is 1.50. The number of hydrogen-bond acceptors (Lipinski definition) is 3. The van der Waals surface area contributed by atoms with Gasteiger partial charge in [0.1, 0.15) is 5.15 Å². The maximum absolute atomic E-state index is 11.9. The van der Waals surface area contributed by atoms with Gasteiger partial charge < -0.3 is 4.74 Å². The molecule has 0 radical (unpaired) electrons. The Morgan fingerprint density at radius 2 is 2.00 bits per heavy atom. The Balaban J connectivity index is 2.51. The Bertz CT molecular complexity index is 500. The summed E-state index contributed by atoms with van der Waals surface area (Å²) in [5, 5.41) is 0.208. The minimum atomic E-state index is -0.377. The highest BCUT2D eigenvalue weighted by Gasteiger charge is 2.20. The molecule has 0 amide bonds. The monoisotopic (exact) mass is 244 g/mol. The quantitative estimate of drug-likeness (QED) is 0.678. The molecular weight excluding hydrogens is 232 g/mol. The largest absolute Gasteiger partial charge is 0.381 e. The smallest absolute Gasteiger partial charge is 0.332 e. The molecule has 2 heterocycles. The first-order valence-corrected chi connectivity index (χ1v) is 5.55. The lowest BCUT2D eigenvalue weighted by atomic mass is 10.1. The fraction of sp³-hybridized carbons (Fsp3) is 0.600. The molecule has 0 N–H and O–H groups in total. The molecule has 0 aromatic carbocycles. The fourth-order valence-electron chi connectivity index (χ4n) is 1.89. The summed E-state index contributed by atoms with van der Waals surface area (Å²) in [6.45, 7) is 1.24. The second-order valence-corrected chi connectivity index (χ2v) is 4.25. The van der Waals surface area contributed by atoms with Crippen LogP contribution in [0.1, 0.15) is 18.9 Å². The lowest BCUT2D eigenvalue weighted by molar-refractivity contribution is 0.0680. The number of rotatable bonds is 1. The maximum atomic E-state index is 11.9. The topological polar surface area (TPSA) is 53.2 Å². The van der Waals surface area contributed by atoms with Crippen molar-refractivity contribution in [1.82, 2.24) is 9.13 Å². The highest BCUT2D eigenvalue weighted by atomic mass is 35.5. The van der Waals surface area contributed by atoms with Crippen LogP contribution in [-0.2, 0) is 11.8 Å². The Hall–Kier alpha value is -1.07. The van der Waals surface area contributed by atoms with Crippen LogP contribution in [0, 0.1) is 0 Å². The maximum Gasteiger partial charge on any atom is 0.332 e. The standard InChI is InChI=1S/C10H13ClN2O3/c1-12-9(14)6-8(11)13(10(12)15)7-2-4-16-5-3-7/h6-7H,2-5H2,1H3. The van der Waals surface area contributed by atoms with Crippen LogP contribution in [-0.4, -0.2) is 22.3 Å². The zero-order chi connectivity index (χ0) is 11.7. The van der Waals surface area contributed by atoms with Crippen molar-refractivity contribution in [3.05, 3.63) is 32.1 Å². The molecule has 0 saturated carbocycles. The van der Waals surface area contributed by atoms with Gasteiger partial charge in [-0.05, 0) is 12.8 Å². The summed E-state index contributed by atoms with van der Waals surface area (Å²) in [5.74, 6) is 0. The Kier molecular flexibility index (Phi) is 3.16. The molecular formula is C10H13ClN2O3. The number of nitrogens with zero attached hydrogens (tertiary/aromatic N) is 2. The van der Waals surface area contributed by atoms with E-state index in [1.807, 2.05) is 0 Å². The van der Waals surface area contributed by atoms with Crippen LogP contribution in [0.5, 0.6) is 0 Å². The molecule has 0 bridgehead atoms. The number of aromatic nitrogens is 2. The normalized spacial score (nSPS) is 17.6. The van der Waals surface area contributed by atoms with Gasteiger partial charge in [-0.1, -0.05) is 11.6 Å². The SMILES string of the molecule is Cn1c(=O)cc(Cl)n(C2CCOCC2)c1=O. The third-order valence-electron chi connectivity index (χ3n) is 2.85. The average Bonchev–Trinajstić information content (AvgIpc) is 2.28. The van der Waals surface area contributed by atoms with Gasteiger partial charge in [-0.2, -0.15) is 0 Å². The van der Waals surface area contributed by atoms with Crippen molar-refractivity contribution in [1.29, 1.82) is 0 Å². The lowest BCUT2D eigenvalue weighted by Crippen LogP contribution is -2.40. The molecule has 1 aliphatic heterocycles. The molecule has 16 heavy (non-hydrogen) atoms. The second kappa shape index (κ2) is 4.43. The summed E-state index contributed by atoms with van der Waals surface area (Å²) in [7, 11) is 1.46. The van der Waals surface area contributed by atoms with E-state index >= 15 is 0 Å². The molecule has 88 valence electrons.